The Bertz CT molecular complexity index is 151. The lowest BCUT2D eigenvalue weighted by atomic mass is 10.0. The second-order valence-electron chi connectivity index (χ2n) is 2.23. The SMILES string of the molecule is COC(C)(C(C)=N)C(N)=O. The van der Waals surface area contributed by atoms with Crippen molar-refractivity contribution in [3.63, 3.8) is 0 Å². The first-order valence-electron chi connectivity index (χ1n) is 2.86. The van der Waals surface area contributed by atoms with E-state index in [0.717, 1.165) is 0 Å². The molecule has 10 heavy (non-hydrogen) atoms. The maximum Gasteiger partial charge on any atom is 0.255 e. The van der Waals surface area contributed by atoms with Crippen molar-refractivity contribution in [3.05, 3.63) is 0 Å². The Balaban J connectivity index is 4.55. The fourth-order valence-corrected chi connectivity index (χ4v) is 0.438. The first-order chi connectivity index (χ1) is 4.45. The molecule has 0 aliphatic carbocycles. The maximum atomic E-state index is 10.7. The number of amides is 1. The van der Waals surface area contributed by atoms with Crippen LogP contribution in [0.25, 0.3) is 0 Å². The summed E-state index contributed by atoms with van der Waals surface area (Å²) >= 11 is 0. The van der Waals surface area contributed by atoms with Crippen LogP contribution in [0.4, 0.5) is 0 Å². The Hall–Kier alpha value is -0.900. The summed E-state index contributed by atoms with van der Waals surface area (Å²) in [7, 11) is 1.35. The van der Waals surface area contributed by atoms with Gasteiger partial charge in [0.2, 0.25) is 0 Å². The molecule has 0 rings (SSSR count). The summed E-state index contributed by atoms with van der Waals surface area (Å²) in [5, 5.41) is 7.15. The van der Waals surface area contributed by atoms with Gasteiger partial charge < -0.3 is 15.9 Å². The van der Waals surface area contributed by atoms with Crippen LogP contribution >= 0.6 is 0 Å². The third kappa shape index (κ3) is 1.33. The van der Waals surface area contributed by atoms with E-state index in [1.165, 1.54) is 21.0 Å². The summed E-state index contributed by atoms with van der Waals surface area (Å²) in [5.74, 6) is -0.637. The molecule has 0 aliphatic rings. The molecule has 0 spiro atoms. The van der Waals surface area contributed by atoms with Crippen LogP contribution in [-0.4, -0.2) is 24.3 Å². The Morgan fingerprint density at radius 3 is 2.10 bits per heavy atom. The highest BCUT2D eigenvalue weighted by atomic mass is 16.5. The first-order valence-corrected chi connectivity index (χ1v) is 2.86. The van der Waals surface area contributed by atoms with Crippen LogP contribution in [-0.2, 0) is 9.53 Å². The van der Waals surface area contributed by atoms with Gasteiger partial charge in [-0.3, -0.25) is 4.79 Å². The van der Waals surface area contributed by atoms with Crippen LogP contribution in [0.1, 0.15) is 13.8 Å². The van der Waals surface area contributed by atoms with Gasteiger partial charge in [-0.15, -0.1) is 0 Å². The minimum absolute atomic E-state index is 0.113. The Morgan fingerprint density at radius 1 is 1.70 bits per heavy atom. The molecule has 0 aromatic rings. The molecule has 4 nitrogen and oxygen atoms in total. The number of nitrogens with one attached hydrogen (secondary N) is 1. The lowest BCUT2D eigenvalue weighted by Gasteiger charge is -2.22. The highest BCUT2D eigenvalue weighted by Crippen LogP contribution is 2.08. The Morgan fingerprint density at radius 2 is 2.10 bits per heavy atom. The van der Waals surface area contributed by atoms with Gasteiger partial charge in [0.1, 0.15) is 0 Å². The summed E-state index contributed by atoms with van der Waals surface area (Å²) in [4.78, 5) is 10.7. The van der Waals surface area contributed by atoms with E-state index in [0.29, 0.717) is 0 Å². The predicted octanol–water partition coefficient (Wildman–Crippen LogP) is -0.0835. The van der Waals surface area contributed by atoms with Crippen LogP contribution in [0.3, 0.4) is 0 Å². The topological polar surface area (TPSA) is 76.2 Å². The van der Waals surface area contributed by atoms with Gasteiger partial charge in [-0.25, -0.2) is 0 Å². The van der Waals surface area contributed by atoms with Crippen LogP contribution in [0.2, 0.25) is 0 Å². The average Bonchev–Trinajstić information content (AvgIpc) is 1.85. The van der Waals surface area contributed by atoms with E-state index in [1.807, 2.05) is 0 Å². The first kappa shape index (κ1) is 9.10. The van der Waals surface area contributed by atoms with Gasteiger partial charge in [0.05, 0.1) is 0 Å². The van der Waals surface area contributed by atoms with E-state index < -0.39 is 11.5 Å². The van der Waals surface area contributed by atoms with Gasteiger partial charge in [0, 0.05) is 12.8 Å². The van der Waals surface area contributed by atoms with E-state index in [9.17, 15) is 4.79 Å². The summed E-state index contributed by atoms with van der Waals surface area (Å²) in [6, 6.07) is 0. The summed E-state index contributed by atoms with van der Waals surface area (Å²) in [6.07, 6.45) is 0. The van der Waals surface area contributed by atoms with Gasteiger partial charge in [-0.05, 0) is 13.8 Å². The fraction of sp³-hybridized carbons (Fsp3) is 0.667. The molecule has 0 aromatic carbocycles. The van der Waals surface area contributed by atoms with Crippen LogP contribution < -0.4 is 5.73 Å². The van der Waals surface area contributed by atoms with Gasteiger partial charge in [0.25, 0.3) is 5.91 Å². The van der Waals surface area contributed by atoms with E-state index in [4.69, 9.17) is 15.9 Å². The number of hydrogen-bond donors (Lipinski definition) is 2. The van der Waals surface area contributed by atoms with Gasteiger partial charge in [0.15, 0.2) is 5.60 Å². The van der Waals surface area contributed by atoms with E-state index in [1.54, 1.807) is 0 Å². The average molecular weight is 144 g/mol. The van der Waals surface area contributed by atoms with Crippen LogP contribution in [0.5, 0.6) is 0 Å². The molecule has 0 heterocycles. The highest BCUT2D eigenvalue weighted by molar-refractivity contribution is 6.08. The number of nitrogens with two attached hydrogens (primary N) is 1. The van der Waals surface area contributed by atoms with Crippen LogP contribution in [0.15, 0.2) is 0 Å². The second-order valence-corrected chi connectivity index (χ2v) is 2.23. The molecule has 0 aliphatic heterocycles. The zero-order valence-electron chi connectivity index (χ0n) is 6.39. The van der Waals surface area contributed by atoms with Crippen molar-refractivity contribution >= 4 is 11.6 Å². The third-order valence-electron chi connectivity index (χ3n) is 1.59. The molecular weight excluding hydrogens is 132 g/mol. The number of rotatable bonds is 3. The number of primary amides is 1. The van der Waals surface area contributed by atoms with Gasteiger partial charge >= 0.3 is 0 Å². The van der Waals surface area contributed by atoms with Crippen molar-refractivity contribution < 1.29 is 9.53 Å². The molecule has 0 aromatic heterocycles. The minimum atomic E-state index is -1.24. The highest BCUT2D eigenvalue weighted by Gasteiger charge is 2.33. The maximum absolute atomic E-state index is 10.7. The Labute approximate surface area is 59.9 Å². The molecule has 0 fully saturated rings. The third-order valence-corrected chi connectivity index (χ3v) is 1.59. The van der Waals surface area contributed by atoms with Crippen molar-refractivity contribution in [1.29, 1.82) is 5.41 Å². The van der Waals surface area contributed by atoms with Gasteiger partial charge in [-0.1, -0.05) is 0 Å². The number of ether oxygens (including phenoxy) is 1. The van der Waals surface area contributed by atoms with Crippen molar-refractivity contribution in [2.45, 2.75) is 19.4 Å². The molecule has 1 amide bonds. The van der Waals surface area contributed by atoms with E-state index in [-0.39, 0.29) is 5.71 Å². The molecule has 0 radical (unpaired) electrons. The summed E-state index contributed by atoms with van der Waals surface area (Å²) in [6.45, 7) is 2.95. The molecule has 1 atom stereocenters. The largest absolute Gasteiger partial charge is 0.367 e. The van der Waals surface area contributed by atoms with Crippen molar-refractivity contribution in [1.82, 2.24) is 0 Å². The smallest absolute Gasteiger partial charge is 0.255 e. The van der Waals surface area contributed by atoms with Crippen LogP contribution in [0, 0.1) is 5.41 Å². The van der Waals surface area contributed by atoms with Gasteiger partial charge in [-0.2, -0.15) is 0 Å². The standard InChI is InChI=1S/C6H12N2O2/c1-4(7)6(2,10-3)5(8)9/h7H,1-3H3,(H2,8,9). The summed E-state index contributed by atoms with van der Waals surface area (Å²) < 4.78 is 4.76. The molecule has 0 bridgehead atoms. The molecule has 0 saturated carbocycles. The molecule has 3 N–H and O–H groups in total. The molecular formula is C6H12N2O2. The second kappa shape index (κ2) is 2.79. The summed E-state index contributed by atoms with van der Waals surface area (Å²) in [5.41, 5.74) is 3.85. The molecule has 0 saturated heterocycles. The fourth-order valence-electron chi connectivity index (χ4n) is 0.438. The zero-order valence-corrected chi connectivity index (χ0v) is 6.39. The monoisotopic (exact) mass is 144 g/mol. The van der Waals surface area contributed by atoms with Crippen molar-refractivity contribution in [3.8, 4) is 0 Å². The quantitative estimate of drug-likeness (QED) is 0.543. The van der Waals surface area contributed by atoms with E-state index in [2.05, 4.69) is 0 Å². The molecule has 58 valence electrons. The predicted molar refractivity (Wildman–Crippen MR) is 38.0 cm³/mol. The normalized spacial score (nSPS) is 15.9. The van der Waals surface area contributed by atoms with Crippen molar-refractivity contribution in [2.24, 2.45) is 5.73 Å². The zero-order chi connectivity index (χ0) is 8.36. The van der Waals surface area contributed by atoms with Crippen molar-refractivity contribution in [2.75, 3.05) is 7.11 Å². The lowest BCUT2D eigenvalue weighted by Crippen LogP contribution is -2.48. The lowest BCUT2D eigenvalue weighted by molar-refractivity contribution is -0.131. The molecule has 1 unspecified atom stereocenters. The number of carbonyl (C=O) groups is 1. The number of methoxy groups -OCH3 is 1. The van der Waals surface area contributed by atoms with E-state index >= 15 is 0 Å². The minimum Gasteiger partial charge on any atom is -0.367 e. The molecule has 4 heteroatoms. The number of carbonyl (C=O) groups excluding carboxylic acids is 1. The Kier molecular flexibility index (Phi) is 2.54. The number of hydrogen-bond acceptors (Lipinski definition) is 3.